The van der Waals surface area contributed by atoms with Gasteiger partial charge in [-0.2, -0.15) is 0 Å². The van der Waals surface area contributed by atoms with Crippen LogP contribution < -0.4 is 20.7 Å². The molecule has 26 heavy (non-hydrogen) atoms. The fourth-order valence-corrected chi connectivity index (χ4v) is 3.54. The number of unbranched alkanes of at least 4 members (excludes halogenated alkanes) is 2. The van der Waals surface area contributed by atoms with Gasteiger partial charge in [0.1, 0.15) is 11.8 Å². The SMILES string of the molecule is CC(C)[C@H]1C(=O)N[C@H](CO)Cc2ccc(OCCCCCN)cc2N1C. The number of aliphatic hydroxyl groups excluding tert-OH is 1. The lowest BCUT2D eigenvalue weighted by molar-refractivity contribution is -0.124. The maximum atomic E-state index is 12.7. The van der Waals surface area contributed by atoms with Crippen LogP contribution >= 0.6 is 0 Å². The van der Waals surface area contributed by atoms with Crippen molar-refractivity contribution in [1.29, 1.82) is 0 Å². The molecule has 0 fully saturated rings. The number of aliphatic hydroxyl groups is 1. The summed E-state index contributed by atoms with van der Waals surface area (Å²) in [4.78, 5) is 14.7. The number of rotatable bonds is 8. The molecule has 0 unspecified atom stereocenters. The fourth-order valence-electron chi connectivity index (χ4n) is 3.54. The van der Waals surface area contributed by atoms with Crippen LogP contribution in [0.3, 0.4) is 0 Å². The van der Waals surface area contributed by atoms with Crippen LogP contribution in [-0.4, -0.2) is 49.9 Å². The summed E-state index contributed by atoms with van der Waals surface area (Å²) in [5.74, 6) is 0.916. The molecule has 2 atom stereocenters. The maximum absolute atomic E-state index is 12.7. The van der Waals surface area contributed by atoms with Crippen LogP contribution in [0.5, 0.6) is 5.75 Å². The second kappa shape index (κ2) is 9.78. The van der Waals surface area contributed by atoms with Gasteiger partial charge in [-0.15, -0.1) is 0 Å². The van der Waals surface area contributed by atoms with Crippen LogP contribution in [-0.2, 0) is 11.2 Å². The molecule has 6 nitrogen and oxygen atoms in total. The summed E-state index contributed by atoms with van der Waals surface area (Å²) in [7, 11) is 1.95. The molecule has 0 aromatic heterocycles. The minimum Gasteiger partial charge on any atom is -0.494 e. The van der Waals surface area contributed by atoms with E-state index in [0.29, 0.717) is 19.6 Å². The molecule has 146 valence electrons. The summed E-state index contributed by atoms with van der Waals surface area (Å²) in [6.45, 7) is 5.38. The summed E-state index contributed by atoms with van der Waals surface area (Å²) < 4.78 is 5.90. The molecule has 0 aliphatic carbocycles. The summed E-state index contributed by atoms with van der Waals surface area (Å²) in [6, 6.07) is 5.47. The van der Waals surface area contributed by atoms with Gasteiger partial charge in [0.2, 0.25) is 5.91 Å². The van der Waals surface area contributed by atoms with E-state index in [1.54, 1.807) is 0 Å². The van der Waals surface area contributed by atoms with Crippen LogP contribution in [0, 0.1) is 5.92 Å². The number of hydrogen-bond acceptors (Lipinski definition) is 5. The van der Waals surface area contributed by atoms with Crippen molar-refractivity contribution >= 4 is 11.6 Å². The third-order valence-corrected chi connectivity index (χ3v) is 4.90. The normalized spacial score (nSPS) is 20.4. The Balaban J connectivity index is 2.22. The van der Waals surface area contributed by atoms with Gasteiger partial charge in [0.25, 0.3) is 0 Å². The second-order valence-corrected chi connectivity index (χ2v) is 7.38. The van der Waals surface area contributed by atoms with E-state index in [1.807, 2.05) is 44.0 Å². The third kappa shape index (κ3) is 5.11. The Kier molecular flexibility index (Phi) is 7.72. The number of benzene rings is 1. The molecule has 1 amide bonds. The minimum absolute atomic E-state index is 0.0414. The van der Waals surface area contributed by atoms with Crippen LogP contribution in [0.4, 0.5) is 5.69 Å². The van der Waals surface area contributed by atoms with Crippen molar-refractivity contribution in [3.63, 3.8) is 0 Å². The Labute approximate surface area is 156 Å². The van der Waals surface area contributed by atoms with Gasteiger partial charge in [0.15, 0.2) is 0 Å². The Bertz CT molecular complexity index is 592. The lowest BCUT2D eigenvalue weighted by Gasteiger charge is -2.37. The lowest BCUT2D eigenvalue weighted by Crippen LogP contribution is -2.54. The zero-order valence-electron chi connectivity index (χ0n) is 16.2. The molecule has 4 N–H and O–H groups in total. The number of hydrogen-bond donors (Lipinski definition) is 3. The zero-order valence-corrected chi connectivity index (χ0v) is 16.2. The molecule has 0 spiro atoms. The highest BCUT2D eigenvalue weighted by Crippen LogP contribution is 2.31. The average molecular weight is 364 g/mol. The smallest absolute Gasteiger partial charge is 0.243 e. The highest BCUT2D eigenvalue weighted by Gasteiger charge is 2.32. The molecular formula is C20H33N3O3. The third-order valence-electron chi connectivity index (χ3n) is 4.90. The predicted octanol–water partition coefficient (Wildman–Crippen LogP) is 1.69. The van der Waals surface area contributed by atoms with E-state index in [-0.39, 0.29) is 30.5 Å². The first-order valence-corrected chi connectivity index (χ1v) is 9.57. The van der Waals surface area contributed by atoms with Crippen molar-refractivity contribution in [3.8, 4) is 5.75 Å². The average Bonchev–Trinajstić information content (AvgIpc) is 2.60. The Morgan fingerprint density at radius 2 is 2.12 bits per heavy atom. The van der Waals surface area contributed by atoms with Crippen molar-refractivity contribution in [2.24, 2.45) is 11.7 Å². The summed E-state index contributed by atoms with van der Waals surface area (Å²) in [5, 5.41) is 12.6. The van der Waals surface area contributed by atoms with Gasteiger partial charge in [-0.25, -0.2) is 0 Å². The second-order valence-electron chi connectivity index (χ2n) is 7.38. The van der Waals surface area contributed by atoms with Gasteiger partial charge in [0, 0.05) is 18.8 Å². The number of carbonyl (C=O) groups is 1. The fraction of sp³-hybridized carbons (Fsp3) is 0.650. The van der Waals surface area contributed by atoms with Crippen LogP contribution in [0.1, 0.15) is 38.7 Å². The number of amides is 1. The van der Waals surface area contributed by atoms with Gasteiger partial charge in [0.05, 0.1) is 19.3 Å². The van der Waals surface area contributed by atoms with Crippen LogP contribution in [0.25, 0.3) is 0 Å². The topological polar surface area (TPSA) is 87.8 Å². The van der Waals surface area contributed by atoms with Crippen molar-refractivity contribution in [3.05, 3.63) is 23.8 Å². The highest BCUT2D eigenvalue weighted by atomic mass is 16.5. The number of nitrogens with zero attached hydrogens (tertiary/aromatic N) is 1. The monoisotopic (exact) mass is 363 g/mol. The quantitative estimate of drug-likeness (QED) is 0.612. The number of ether oxygens (including phenoxy) is 1. The van der Waals surface area contributed by atoms with E-state index in [9.17, 15) is 9.90 Å². The molecule has 0 saturated carbocycles. The molecule has 2 rings (SSSR count). The van der Waals surface area contributed by atoms with Crippen LogP contribution in [0.15, 0.2) is 18.2 Å². The van der Waals surface area contributed by atoms with Crippen molar-refractivity contribution in [2.45, 2.75) is 51.6 Å². The van der Waals surface area contributed by atoms with Gasteiger partial charge >= 0.3 is 0 Å². The number of nitrogens with one attached hydrogen (secondary N) is 1. The Morgan fingerprint density at radius 1 is 1.35 bits per heavy atom. The highest BCUT2D eigenvalue weighted by molar-refractivity contribution is 5.86. The molecule has 1 aliphatic rings. The Hall–Kier alpha value is -1.79. The van der Waals surface area contributed by atoms with E-state index in [2.05, 4.69) is 5.32 Å². The first-order chi connectivity index (χ1) is 12.5. The molecule has 1 aliphatic heterocycles. The first-order valence-electron chi connectivity index (χ1n) is 9.57. The molecular weight excluding hydrogens is 330 g/mol. The van der Waals surface area contributed by atoms with E-state index in [0.717, 1.165) is 36.3 Å². The summed E-state index contributed by atoms with van der Waals surface area (Å²) in [6.07, 6.45) is 3.66. The van der Waals surface area contributed by atoms with Crippen molar-refractivity contribution < 1.29 is 14.6 Å². The number of fused-ring (bicyclic) bond motifs is 1. The summed E-state index contributed by atoms with van der Waals surface area (Å²) >= 11 is 0. The van der Waals surface area contributed by atoms with E-state index >= 15 is 0 Å². The summed E-state index contributed by atoms with van der Waals surface area (Å²) in [5.41, 5.74) is 7.62. The molecule has 0 radical (unpaired) electrons. The molecule has 0 bridgehead atoms. The van der Waals surface area contributed by atoms with Crippen LogP contribution in [0.2, 0.25) is 0 Å². The van der Waals surface area contributed by atoms with Gasteiger partial charge in [-0.3, -0.25) is 4.79 Å². The largest absolute Gasteiger partial charge is 0.494 e. The molecule has 1 aromatic rings. The molecule has 6 heteroatoms. The van der Waals surface area contributed by atoms with E-state index < -0.39 is 0 Å². The minimum atomic E-state index is -0.289. The van der Waals surface area contributed by atoms with Crippen molar-refractivity contribution in [2.75, 3.05) is 31.7 Å². The number of anilines is 1. The number of carbonyl (C=O) groups excluding carboxylic acids is 1. The maximum Gasteiger partial charge on any atom is 0.243 e. The first kappa shape index (κ1) is 20.5. The number of likely N-dealkylation sites (N-methyl/N-ethyl adjacent to an activating group) is 1. The predicted molar refractivity (Wildman–Crippen MR) is 105 cm³/mol. The van der Waals surface area contributed by atoms with E-state index in [1.165, 1.54) is 0 Å². The zero-order chi connectivity index (χ0) is 19.1. The van der Waals surface area contributed by atoms with Gasteiger partial charge < -0.3 is 25.8 Å². The number of nitrogens with two attached hydrogens (primary N) is 1. The lowest BCUT2D eigenvalue weighted by atomic mass is 9.95. The molecule has 1 heterocycles. The molecule has 0 saturated heterocycles. The van der Waals surface area contributed by atoms with Crippen molar-refractivity contribution in [1.82, 2.24) is 5.32 Å². The standard InChI is InChI=1S/C20H33N3O3/c1-14(2)19-20(25)22-16(13-24)11-15-7-8-17(12-18(15)23(19)3)26-10-6-4-5-9-21/h7-8,12,14,16,19,24H,4-6,9-11,13,21H2,1-3H3,(H,22,25)/t16-,19-/m0/s1. The molecule has 1 aromatic carbocycles. The van der Waals surface area contributed by atoms with Gasteiger partial charge in [-0.05, 0) is 49.8 Å². The van der Waals surface area contributed by atoms with E-state index in [4.69, 9.17) is 10.5 Å². The Morgan fingerprint density at radius 3 is 2.77 bits per heavy atom. The van der Waals surface area contributed by atoms with Gasteiger partial charge in [-0.1, -0.05) is 19.9 Å².